The van der Waals surface area contributed by atoms with Gasteiger partial charge in [0, 0.05) is 17.6 Å². The molecule has 2 amide bonds. The molecule has 0 unspecified atom stereocenters. The summed E-state index contributed by atoms with van der Waals surface area (Å²) in [5, 5.41) is 14.3. The van der Waals surface area contributed by atoms with Crippen LogP contribution in [0.2, 0.25) is 5.02 Å². The van der Waals surface area contributed by atoms with E-state index < -0.39 is 0 Å². The summed E-state index contributed by atoms with van der Waals surface area (Å²) < 4.78 is 0. The molecule has 2 rings (SSSR count). The number of carbonyl (C=O) groups excluding carboxylic acids is 2. The van der Waals surface area contributed by atoms with Gasteiger partial charge < -0.3 is 10.6 Å². The number of rotatable bonds is 5. The summed E-state index contributed by atoms with van der Waals surface area (Å²) in [5.74, 6) is 0.199. The van der Waals surface area contributed by atoms with E-state index in [0.717, 1.165) is 5.56 Å². The highest BCUT2D eigenvalue weighted by atomic mass is 35.5. The lowest BCUT2D eigenvalue weighted by Crippen LogP contribution is -2.15. The quantitative estimate of drug-likeness (QED) is 0.809. The average Bonchev–Trinajstić information content (AvgIpc) is 2.51. The number of thioether (sulfide) groups is 1. The standard InChI is InChI=1S/C15H15ClN4O2S/c1-9-11(16)4-3-5-12(9)18-14(22)8-23-15-7-6-13(19-20-15)17-10(2)21/h3-7H,8H2,1-2H3,(H,18,22)(H,17,19,21). The number of nitrogens with one attached hydrogen (secondary N) is 2. The highest BCUT2D eigenvalue weighted by molar-refractivity contribution is 7.99. The molecule has 1 aromatic heterocycles. The van der Waals surface area contributed by atoms with Crippen molar-refractivity contribution in [2.45, 2.75) is 18.9 Å². The van der Waals surface area contributed by atoms with E-state index in [4.69, 9.17) is 11.6 Å². The molecule has 120 valence electrons. The molecule has 0 spiro atoms. The van der Waals surface area contributed by atoms with Gasteiger partial charge in [0.05, 0.1) is 5.75 Å². The number of nitrogens with zero attached hydrogens (tertiary/aromatic N) is 2. The lowest BCUT2D eigenvalue weighted by Gasteiger charge is -2.09. The van der Waals surface area contributed by atoms with E-state index in [1.54, 1.807) is 30.3 Å². The van der Waals surface area contributed by atoms with E-state index in [1.807, 2.05) is 6.92 Å². The van der Waals surface area contributed by atoms with Crippen LogP contribution in [0.25, 0.3) is 0 Å². The molecule has 0 aliphatic rings. The zero-order valence-electron chi connectivity index (χ0n) is 12.6. The van der Waals surface area contributed by atoms with E-state index in [9.17, 15) is 9.59 Å². The Balaban J connectivity index is 1.89. The molecular weight excluding hydrogens is 336 g/mol. The van der Waals surface area contributed by atoms with E-state index in [2.05, 4.69) is 20.8 Å². The SMILES string of the molecule is CC(=O)Nc1ccc(SCC(=O)Nc2cccc(Cl)c2C)nn1. The van der Waals surface area contributed by atoms with Gasteiger partial charge in [-0.3, -0.25) is 9.59 Å². The minimum atomic E-state index is -0.212. The Morgan fingerprint density at radius 3 is 2.61 bits per heavy atom. The van der Waals surface area contributed by atoms with E-state index in [-0.39, 0.29) is 17.6 Å². The average molecular weight is 351 g/mol. The van der Waals surface area contributed by atoms with Crippen LogP contribution >= 0.6 is 23.4 Å². The topological polar surface area (TPSA) is 84.0 Å². The van der Waals surface area contributed by atoms with E-state index in [1.165, 1.54) is 18.7 Å². The summed E-state index contributed by atoms with van der Waals surface area (Å²) in [6.45, 7) is 3.24. The molecule has 2 N–H and O–H groups in total. The third kappa shape index (κ3) is 5.22. The lowest BCUT2D eigenvalue weighted by atomic mass is 10.2. The van der Waals surface area contributed by atoms with Crippen molar-refractivity contribution in [2.75, 3.05) is 16.4 Å². The van der Waals surface area contributed by atoms with Crippen molar-refractivity contribution in [3.8, 4) is 0 Å². The van der Waals surface area contributed by atoms with Gasteiger partial charge in [-0.1, -0.05) is 29.4 Å². The van der Waals surface area contributed by atoms with Crippen LogP contribution in [-0.4, -0.2) is 27.8 Å². The van der Waals surface area contributed by atoms with Crippen molar-refractivity contribution in [3.05, 3.63) is 40.9 Å². The van der Waals surface area contributed by atoms with Crippen molar-refractivity contribution in [1.29, 1.82) is 0 Å². The zero-order valence-corrected chi connectivity index (χ0v) is 14.2. The van der Waals surface area contributed by atoms with Gasteiger partial charge in [-0.2, -0.15) is 0 Å². The van der Waals surface area contributed by atoms with Crippen molar-refractivity contribution in [3.63, 3.8) is 0 Å². The normalized spacial score (nSPS) is 10.2. The van der Waals surface area contributed by atoms with Crippen LogP contribution in [-0.2, 0) is 9.59 Å². The maximum atomic E-state index is 12.0. The minimum absolute atomic E-state index is 0.159. The van der Waals surface area contributed by atoms with E-state index in [0.29, 0.717) is 21.6 Å². The molecule has 2 aromatic rings. The molecule has 1 aromatic carbocycles. The van der Waals surface area contributed by atoms with Crippen LogP contribution < -0.4 is 10.6 Å². The van der Waals surface area contributed by atoms with E-state index >= 15 is 0 Å². The lowest BCUT2D eigenvalue weighted by molar-refractivity contribution is -0.114. The first kappa shape index (κ1) is 17.2. The third-order valence-electron chi connectivity index (χ3n) is 2.84. The van der Waals surface area contributed by atoms with Crippen molar-refractivity contribution >= 4 is 46.7 Å². The third-order valence-corrected chi connectivity index (χ3v) is 4.17. The molecule has 0 saturated heterocycles. The number of halogens is 1. The van der Waals surface area contributed by atoms with Crippen LogP contribution in [0.4, 0.5) is 11.5 Å². The number of hydrogen-bond donors (Lipinski definition) is 2. The Hall–Kier alpha value is -2.12. The number of anilines is 2. The maximum absolute atomic E-state index is 12.0. The molecule has 0 aliphatic carbocycles. The summed E-state index contributed by atoms with van der Waals surface area (Å²) in [5.41, 5.74) is 1.52. The summed E-state index contributed by atoms with van der Waals surface area (Å²) in [6.07, 6.45) is 0. The number of hydrogen-bond acceptors (Lipinski definition) is 5. The Bertz CT molecular complexity index is 722. The molecule has 8 heteroatoms. The molecule has 6 nitrogen and oxygen atoms in total. The smallest absolute Gasteiger partial charge is 0.234 e. The monoisotopic (exact) mass is 350 g/mol. The summed E-state index contributed by atoms with van der Waals surface area (Å²) in [4.78, 5) is 22.9. The van der Waals surface area contributed by atoms with Crippen LogP contribution in [0, 0.1) is 6.92 Å². The van der Waals surface area contributed by atoms with Crippen LogP contribution in [0.1, 0.15) is 12.5 Å². The first-order valence-corrected chi connectivity index (χ1v) is 8.11. The number of benzene rings is 1. The summed E-state index contributed by atoms with van der Waals surface area (Å²) >= 11 is 7.27. The minimum Gasteiger partial charge on any atom is -0.325 e. The van der Waals surface area contributed by atoms with Crippen molar-refractivity contribution in [1.82, 2.24) is 10.2 Å². The largest absolute Gasteiger partial charge is 0.325 e. The number of carbonyl (C=O) groups is 2. The molecule has 0 fully saturated rings. The summed E-state index contributed by atoms with van der Waals surface area (Å²) in [7, 11) is 0. The van der Waals surface area contributed by atoms with Gasteiger partial charge in [0.1, 0.15) is 5.03 Å². The highest BCUT2D eigenvalue weighted by Crippen LogP contribution is 2.23. The van der Waals surface area contributed by atoms with Gasteiger partial charge >= 0.3 is 0 Å². The van der Waals surface area contributed by atoms with Gasteiger partial charge in [0.15, 0.2) is 5.82 Å². The van der Waals surface area contributed by atoms with Gasteiger partial charge in [0.2, 0.25) is 11.8 Å². The van der Waals surface area contributed by atoms with Crippen LogP contribution in [0.15, 0.2) is 35.4 Å². The molecule has 0 bridgehead atoms. The van der Waals surface area contributed by atoms with Crippen LogP contribution in [0.5, 0.6) is 0 Å². The fourth-order valence-corrected chi connectivity index (χ4v) is 2.50. The number of amides is 2. The highest BCUT2D eigenvalue weighted by Gasteiger charge is 2.08. The Morgan fingerprint density at radius 2 is 1.96 bits per heavy atom. The molecule has 1 heterocycles. The van der Waals surface area contributed by atoms with Crippen LogP contribution in [0.3, 0.4) is 0 Å². The molecule has 0 atom stereocenters. The molecule has 23 heavy (non-hydrogen) atoms. The fourth-order valence-electron chi connectivity index (χ4n) is 1.71. The van der Waals surface area contributed by atoms with Gasteiger partial charge in [-0.05, 0) is 36.8 Å². The molecule has 0 radical (unpaired) electrons. The first-order chi connectivity index (χ1) is 11.0. The Morgan fingerprint density at radius 1 is 1.17 bits per heavy atom. The van der Waals surface area contributed by atoms with Gasteiger partial charge in [-0.25, -0.2) is 0 Å². The Kier molecular flexibility index (Phi) is 5.95. The molecule has 0 saturated carbocycles. The summed E-state index contributed by atoms with van der Waals surface area (Å²) in [6, 6.07) is 8.68. The second-order valence-electron chi connectivity index (χ2n) is 4.69. The predicted molar refractivity (Wildman–Crippen MR) is 91.9 cm³/mol. The first-order valence-electron chi connectivity index (χ1n) is 6.75. The van der Waals surface area contributed by atoms with Crippen molar-refractivity contribution in [2.24, 2.45) is 0 Å². The predicted octanol–water partition coefficient (Wildman–Crippen LogP) is 3.13. The van der Waals surface area contributed by atoms with Crippen molar-refractivity contribution < 1.29 is 9.59 Å². The fraction of sp³-hybridized carbons (Fsp3) is 0.200. The zero-order chi connectivity index (χ0) is 16.8. The maximum Gasteiger partial charge on any atom is 0.234 e. The van der Waals surface area contributed by atoms with Gasteiger partial charge in [0.25, 0.3) is 0 Å². The van der Waals surface area contributed by atoms with Gasteiger partial charge in [-0.15, -0.1) is 10.2 Å². The molecular formula is C15H15ClN4O2S. The second kappa shape index (κ2) is 7.94. The Labute approximate surface area is 143 Å². The second-order valence-corrected chi connectivity index (χ2v) is 6.09. The molecule has 0 aliphatic heterocycles. The number of aromatic nitrogens is 2.